The summed E-state index contributed by atoms with van der Waals surface area (Å²) in [5.74, 6) is -0.184. The van der Waals surface area contributed by atoms with Crippen molar-refractivity contribution in [2.75, 3.05) is 5.32 Å². The van der Waals surface area contributed by atoms with Gasteiger partial charge in [0.2, 0.25) is 0 Å². The Kier molecular flexibility index (Phi) is 6.65. The van der Waals surface area contributed by atoms with Crippen LogP contribution in [0.3, 0.4) is 0 Å². The molecule has 5 heteroatoms. The van der Waals surface area contributed by atoms with Crippen LogP contribution in [0, 0.1) is 0 Å². The molecule has 4 nitrogen and oxygen atoms in total. The molecule has 1 amide bonds. The molecule has 31 heavy (non-hydrogen) atoms. The lowest BCUT2D eigenvalue weighted by atomic mass is 10.0. The molecule has 0 fully saturated rings. The van der Waals surface area contributed by atoms with Gasteiger partial charge in [-0.3, -0.25) is 14.9 Å². The Morgan fingerprint density at radius 3 is 2.00 bits per heavy atom. The maximum Gasteiger partial charge on any atom is 0.257 e. The number of thiazole rings is 1. The smallest absolute Gasteiger partial charge is 0.257 e. The Hall–Kier alpha value is -3.57. The van der Waals surface area contributed by atoms with Crippen molar-refractivity contribution in [3.63, 3.8) is 0 Å². The molecule has 0 unspecified atom stereocenters. The van der Waals surface area contributed by atoms with Gasteiger partial charge in [0.05, 0.1) is 10.6 Å². The molecule has 0 aliphatic heterocycles. The van der Waals surface area contributed by atoms with Crippen LogP contribution in [0.1, 0.15) is 43.3 Å². The van der Waals surface area contributed by atoms with Gasteiger partial charge in [0, 0.05) is 18.4 Å². The van der Waals surface area contributed by atoms with E-state index in [0.717, 1.165) is 11.1 Å². The number of benzene rings is 3. The molecule has 1 heterocycles. The number of rotatable bonds is 8. The molecule has 0 spiro atoms. The number of nitrogens with one attached hydrogen (secondary N) is 1. The fourth-order valence-electron chi connectivity index (χ4n) is 3.31. The standard InChI is InChI=1S/C26H22N2O2S/c29-23(17-16-19-10-4-1-5-11-19)24-22(18-20-12-6-2-7-13-20)27-26(31-24)28-25(30)21-14-8-3-9-15-21/h1-15H,16-18H2,(H,27,28,30). The molecule has 1 aromatic heterocycles. The van der Waals surface area contributed by atoms with Crippen molar-refractivity contribution in [1.82, 2.24) is 4.98 Å². The highest BCUT2D eigenvalue weighted by Gasteiger charge is 2.20. The van der Waals surface area contributed by atoms with Gasteiger partial charge in [0.15, 0.2) is 10.9 Å². The summed E-state index contributed by atoms with van der Waals surface area (Å²) in [6.07, 6.45) is 1.62. The van der Waals surface area contributed by atoms with Crippen molar-refractivity contribution < 1.29 is 9.59 Å². The molecule has 3 aromatic carbocycles. The highest BCUT2D eigenvalue weighted by Crippen LogP contribution is 2.27. The van der Waals surface area contributed by atoms with E-state index in [1.54, 1.807) is 12.1 Å². The van der Waals surface area contributed by atoms with E-state index in [-0.39, 0.29) is 11.7 Å². The quantitative estimate of drug-likeness (QED) is 0.362. The first kappa shape index (κ1) is 20.7. The van der Waals surface area contributed by atoms with Crippen molar-refractivity contribution >= 4 is 28.2 Å². The van der Waals surface area contributed by atoms with Crippen LogP contribution in [-0.4, -0.2) is 16.7 Å². The van der Waals surface area contributed by atoms with Crippen molar-refractivity contribution in [1.29, 1.82) is 0 Å². The molecule has 0 aliphatic rings. The second-order valence-electron chi connectivity index (χ2n) is 7.19. The summed E-state index contributed by atoms with van der Waals surface area (Å²) < 4.78 is 0. The van der Waals surface area contributed by atoms with Crippen LogP contribution in [0.15, 0.2) is 91.0 Å². The molecule has 0 radical (unpaired) electrons. The number of hydrogen-bond donors (Lipinski definition) is 1. The van der Waals surface area contributed by atoms with Crippen LogP contribution in [-0.2, 0) is 12.8 Å². The highest BCUT2D eigenvalue weighted by molar-refractivity contribution is 7.17. The summed E-state index contributed by atoms with van der Waals surface area (Å²) in [5.41, 5.74) is 3.46. The van der Waals surface area contributed by atoms with E-state index in [1.807, 2.05) is 78.9 Å². The number of aromatic nitrogens is 1. The lowest BCUT2D eigenvalue weighted by Gasteiger charge is -2.03. The van der Waals surface area contributed by atoms with Gasteiger partial charge >= 0.3 is 0 Å². The third kappa shape index (κ3) is 5.53. The lowest BCUT2D eigenvalue weighted by molar-refractivity contribution is 0.0984. The van der Waals surface area contributed by atoms with Gasteiger partial charge in [-0.2, -0.15) is 0 Å². The normalized spacial score (nSPS) is 10.6. The zero-order valence-corrected chi connectivity index (χ0v) is 17.8. The lowest BCUT2D eigenvalue weighted by Crippen LogP contribution is -2.11. The third-order valence-electron chi connectivity index (χ3n) is 4.90. The molecule has 4 rings (SSSR count). The molecular weight excluding hydrogens is 404 g/mol. The first-order chi connectivity index (χ1) is 15.2. The van der Waals surface area contributed by atoms with Crippen LogP contribution >= 0.6 is 11.3 Å². The Labute approximate surface area is 185 Å². The van der Waals surface area contributed by atoms with E-state index < -0.39 is 0 Å². The van der Waals surface area contributed by atoms with Crippen LogP contribution < -0.4 is 5.32 Å². The van der Waals surface area contributed by atoms with E-state index in [9.17, 15) is 9.59 Å². The van der Waals surface area contributed by atoms with Gasteiger partial charge in [0.1, 0.15) is 0 Å². The predicted molar refractivity (Wildman–Crippen MR) is 125 cm³/mol. The van der Waals surface area contributed by atoms with Crippen molar-refractivity contribution in [3.8, 4) is 0 Å². The van der Waals surface area contributed by atoms with E-state index >= 15 is 0 Å². The van der Waals surface area contributed by atoms with Crippen molar-refractivity contribution in [2.45, 2.75) is 19.3 Å². The second-order valence-corrected chi connectivity index (χ2v) is 8.19. The van der Waals surface area contributed by atoms with Crippen LogP contribution in [0.5, 0.6) is 0 Å². The topological polar surface area (TPSA) is 59.1 Å². The number of amides is 1. The molecule has 0 saturated heterocycles. The number of Topliss-reactive ketones (excluding diaryl/α,β-unsaturated/α-hetero) is 1. The minimum Gasteiger partial charge on any atom is -0.298 e. The fourth-order valence-corrected chi connectivity index (χ4v) is 4.25. The van der Waals surface area contributed by atoms with Gasteiger partial charge in [-0.1, -0.05) is 90.2 Å². The maximum absolute atomic E-state index is 13.1. The summed E-state index contributed by atoms with van der Waals surface area (Å²) in [5, 5.41) is 3.30. The Balaban J connectivity index is 1.55. The maximum atomic E-state index is 13.1. The number of ketones is 1. The van der Waals surface area contributed by atoms with E-state index in [0.29, 0.717) is 40.5 Å². The van der Waals surface area contributed by atoms with Gasteiger partial charge in [-0.25, -0.2) is 4.98 Å². The summed E-state index contributed by atoms with van der Waals surface area (Å²) in [6.45, 7) is 0. The highest BCUT2D eigenvalue weighted by atomic mass is 32.1. The largest absolute Gasteiger partial charge is 0.298 e. The van der Waals surface area contributed by atoms with Crippen molar-refractivity contribution in [2.24, 2.45) is 0 Å². The summed E-state index contributed by atoms with van der Waals surface area (Å²) in [4.78, 5) is 30.8. The monoisotopic (exact) mass is 426 g/mol. The van der Waals surface area contributed by atoms with Crippen LogP contribution in [0.25, 0.3) is 0 Å². The zero-order valence-electron chi connectivity index (χ0n) is 17.0. The first-order valence-corrected chi connectivity index (χ1v) is 11.0. The molecule has 0 saturated carbocycles. The molecule has 4 aromatic rings. The van der Waals surface area contributed by atoms with E-state index in [4.69, 9.17) is 0 Å². The van der Waals surface area contributed by atoms with E-state index in [2.05, 4.69) is 10.3 Å². The predicted octanol–water partition coefficient (Wildman–Crippen LogP) is 5.80. The number of aryl methyl sites for hydroxylation is 1. The van der Waals surface area contributed by atoms with Crippen LogP contribution in [0.4, 0.5) is 5.13 Å². The Morgan fingerprint density at radius 2 is 1.35 bits per heavy atom. The van der Waals surface area contributed by atoms with Crippen LogP contribution in [0.2, 0.25) is 0 Å². The Bertz CT molecular complexity index is 1160. The molecular formula is C26H22N2O2S. The first-order valence-electron chi connectivity index (χ1n) is 10.2. The van der Waals surface area contributed by atoms with Gasteiger partial charge in [0.25, 0.3) is 5.91 Å². The Morgan fingerprint density at radius 1 is 0.774 bits per heavy atom. The van der Waals surface area contributed by atoms with Gasteiger partial charge in [-0.05, 0) is 29.7 Å². The minimum atomic E-state index is -0.233. The molecule has 154 valence electrons. The summed E-state index contributed by atoms with van der Waals surface area (Å²) >= 11 is 1.25. The minimum absolute atomic E-state index is 0.0486. The SMILES string of the molecule is O=C(Nc1nc(Cc2ccccc2)c(C(=O)CCc2ccccc2)s1)c1ccccc1. The zero-order chi connectivity index (χ0) is 21.5. The number of nitrogens with zero attached hydrogens (tertiary/aromatic N) is 1. The second kappa shape index (κ2) is 9.96. The van der Waals surface area contributed by atoms with E-state index in [1.165, 1.54) is 11.3 Å². The van der Waals surface area contributed by atoms with Crippen molar-refractivity contribution in [3.05, 3.63) is 118 Å². The molecule has 0 bridgehead atoms. The molecule has 0 atom stereocenters. The summed E-state index contributed by atoms with van der Waals surface area (Å²) in [6, 6.07) is 28.9. The van der Waals surface area contributed by atoms with Gasteiger partial charge in [-0.15, -0.1) is 0 Å². The average molecular weight is 427 g/mol. The molecule has 1 N–H and O–H groups in total. The molecule has 0 aliphatic carbocycles. The number of carbonyl (C=O) groups excluding carboxylic acids is 2. The third-order valence-corrected chi connectivity index (χ3v) is 5.96. The van der Waals surface area contributed by atoms with Gasteiger partial charge < -0.3 is 0 Å². The summed E-state index contributed by atoms with van der Waals surface area (Å²) in [7, 11) is 0. The average Bonchev–Trinajstić information content (AvgIpc) is 3.21. The number of hydrogen-bond acceptors (Lipinski definition) is 4. The number of anilines is 1. The number of carbonyl (C=O) groups is 2. The fraction of sp³-hybridized carbons (Fsp3) is 0.115.